The van der Waals surface area contributed by atoms with E-state index in [1.165, 1.54) is 6.07 Å². The number of nitrogens with zero attached hydrogens (tertiary/aromatic N) is 1. The number of anilines is 1. The third-order valence-corrected chi connectivity index (χ3v) is 5.07. The summed E-state index contributed by atoms with van der Waals surface area (Å²) in [4.78, 5) is 9.93. The first kappa shape index (κ1) is 16.4. The Labute approximate surface area is 138 Å². The van der Waals surface area contributed by atoms with Gasteiger partial charge in [-0.25, -0.2) is 8.42 Å². The van der Waals surface area contributed by atoms with Crippen LogP contribution in [0.25, 0.3) is 0 Å². The summed E-state index contributed by atoms with van der Waals surface area (Å²) < 4.78 is 32.2. The number of hydrogen-bond acceptors (Lipinski definition) is 6. The van der Waals surface area contributed by atoms with Crippen LogP contribution >= 0.6 is 0 Å². The van der Waals surface area contributed by atoms with Crippen molar-refractivity contribution in [1.82, 2.24) is 0 Å². The lowest BCUT2D eigenvalue weighted by Gasteiger charge is -2.20. The van der Waals surface area contributed by atoms with Crippen LogP contribution in [-0.2, 0) is 21.1 Å². The Morgan fingerprint density at radius 1 is 1.21 bits per heavy atom. The normalized spacial score (nSPS) is 14.1. The molecule has 0 spiro atoms. The minimum Gasteiger partial charge on any atom is -0.423 e. The highest BCUT2D eigenvalue weighted by Crippen LogP contribution is 2.20. The van der Waals surface area contributed by atoms with Gasteiger partial charge in [0.1, 0.15) is 0 Å². The number of non-ortho nitro benzene ring substituents is 1. The SMILES string of the molecule is O=[N+]([O-])c1ccc(S(=O)(=O)Nc2ccc3c(c2)B(O)OCC3)cc1. The molecule has 0 aliphatic carbocycles. The predicted octanol–water partition coefficient (Wildman–Crippen LogP) is 0.656. The number of fused-ring (bicyclic) bond motifs is 1. The molecule has 24 heavy (non-hydrogen) atoms. The van der Waals surface area contributed by atoms with Crippen molar-refractivity contribution in [3.8, 4) is 0 Å². The summed E-state index contributed by atoms with van der Waals surface area (Å²) in [6.07, 6.45) is 0.641. The summed E-state index contributed by atoms with van der Waals surface area (Å²) in [5, 5.41) is 20.4. The number of nitro benzene ring substituents is 1. The number of rotatable bonds is 4. The Hall–Kier alpha value is -2.43. The van der Waals surface area contributed by atoms with Gasteiger partial charge in [-0.05, 0) is 41.7 Å². The molecule has 0 unspecified atom stereocenters. The maximum absolute atomic E-state index is 12.4. The van der Waals surface area contributed by atoms with E-state index in [9.17, 15) is 23.6 Å². The van der Waals surface area contributed by atoms with E-state index in [2.05, 4.69) is 4.72 Å². The fraction of sp³-hybridized carbons (Fsp3) is 0.143. The molecule has 0 bridgehead atoms. The van der Waals surface area contributed by atoms with Gasteiger partial charge in [-0.3, -0.25) is 14.8 Å². The molecule has 0 saturated carbocycles. The number of hydrogen-bond donors (Lipinski definition) is 2. The molecule has 10 heteroatoms. The van der Waals surface area contributed by atoms with Gasteiger partial charge in [0.2, 0.25) is 0 Å². The summed E-state index contributed by atoms with van der Waals surface area (Å²) in [5.74, 6) is 0. The summed E-state index contributed by atoms with van der Waals surface area (Å²) in [5.41, 5.74) is 1.50. The van der Waals surface area contributed by atoms with Gasteiger partial charge in [-0.15, -0.1) is 0 Å². The van der Waals surface area contributed by atoms with Gasteiger partial charge in [-0.2, -0.15) is 0 Å². The van der Waals surface area contributed by atoms with Crippen molar-refractivity contribution in [2.75, 3.05) is 11.3 Å². The molecule has 2 aromatic carbocycles. The Balaban J connectivity index is 1.87. The molecule has 2 N–H and O–H groups in total. The molecular weight excluding hydrogens is 335 g/mol. The first-order chi connectivity index (χ1) is 11.4. The van der Waals surface area contributed by atoms with Crippen LogP contribution in [0.1, 0.15) is 5.56 Å². The highest BCUT2D eigenvalue weighted by molar-refractivity contribution is 7.92. The summed E-state index contributed by atoms with van der Waals surface area (Å²) in [6, 6.07) is 9.42. The second-order valence-electron chi connectivity index (χ2n) is 5.24. The van der Waals surface area contributed by atoms with Crippen molar-refractivity contribution in [2.24, 2.45) is 0 Å². The highest BCUT2D eigenvalue weighted by Gasteiger charge is 2.25. The largest absolute Gasteiger partial charge is 0.491 e. The van der Waals surface area contributed by atoms with Gasteiger partial charge >= 0.3 is 7.12 Å². The van der Waals surface area contributed by atoms with Crippen LogP contribution < -0.4 is 10.2 Å². The quantitative estimate of drug-likeness (QED) is 0.476. The molecule has 1 heterocycles. The molecule has 2 aromatic rings. The van der Waals surface area contributed by atoms with Crippen molar-refractivity contribution in [3.63, 3.8) is 0 Å². The maximum Gasteiger partial charge on any atom is 0.491 e. The number of nitro groups is 1. The van der Waals surface area contributed by atoms with E-state index < -0.39 is 22.1 Å². The minimum atomic E-state index is -3.89. The molecule has 124 valence electrons. The smallest absolute Gasteiger partial charge is 0.423 e. The van der Waals surface area contributed by atoms with E-state index >= 15 is 0 Å². The van der Waals surface area contributed by atoms with Crippen LogP contribution in [0.4, 0.5) is 11.4 Å². The van der Waals surface area contributed by atoms with Gasteiger partial charge < -0.3 is 9.68 Å². The minimum absolute atomic E-state index is 0.0948. The molecule has 3 rings (SSSR count). The van der Waals surface area contributed by atoms with Crippen LogP contribution in [0.3, 0.4) is 0 Å². The topological polar surface area (TPSA) is 119 Å². The molecule has 0 atom stereocenters. The monoisotopic (exact) mass is 348 g/mol. The fourth-order valence-corrected chi connectivity index (χ4v) is 3.50. The molecule has 0 saturated heterocycles. The van der Waals surface area contributed by atoms with Gasteiger partial charge in [0, 0.05) is 24.4 Å². The highest BCUT2D eigenvalue weighted by atomic mass is 32.2. The van der Waals surface area contributed by atoms with Crippen LogP contribution in [0, 0.1) is 10.1 Å². The molecule has 0 fully saturated rings. The molecule has 8 nitrogen and oxygen atoms in total. The zero-order valence-corrected chi connectivity index (χ0v) is 13.2. The molecular formula is C14H13BN2O6S. The van der Waals surface area contributed by atoms with Crippen LogP contribution in [0.15, 0.2) is 47.4 Å². The first-order valence-electron chi connectivity index (χ1n) is 7.06. The second-order valence-corrected chi connectivity index (χ2v) is 6.93. The van der Waals surface area contributed by atoms with Crippen molar-refractivity contribution in [1.29, 1.82) is 0 Å². The van der Waals surface area contributed by atoms with E-state index in [1.807, 2.05) is 0 Å². The van der Waals surface area contributed by atoms with Crippen molar-refractivity contribution < 1.29 is 23.0 Å². The summed E-state index contributed by atoms with van der Waals surface area (Å²) in [7, 11) is -4.98. The van der Waals surface area contributed by atoms with E-state index in [0.717, 1.165) is 29.8 Å². The number of sulfonamides is 1. The van der Waals surface area contributed by atoms with Gasteiger partial charge in [0.25, 0.3) is 15.7 Å². The lowest BCUT2D eigenvalue weighted by Crippen LogP contribution is -2.41. The van der Waals surface area contributed by atoms with Gasteiger partial charge in [-0.1, -0.05) is 6.07 Å². The molecule has 1 aliphatic heterocycles. The zero-order chi connectivity index (χ0) is 17.3. The summed E-state index contributed by atoms with van der Waals surface area (Å²) in [6.45, 7) is 0.405. The standard InChI is InChI=1S/C14H13BN2O6S/c18-15-14-9-11(2-1-10(14)7-8-23-15)16-24(21,22)13-5-3-12(4-6-13)17(19)20/h1-6,9,16,18H,7-8H2. The Kier molecular flexibility index (Phi) is 4.27. The van der Waals surface area contributed by atoms with Crippen molar-refractivity contribution >= 4 is 34.0 Å². The molecule has 0 radical (unpaired) electrons. The predicted molar refractivity (Wildman–Crippen MR) is 87.6 cm³/mol. The molecule has 0 aromatic heterocycles. The van der Waals surface area contributed by atoms with Crippen molar-refractivity contribution in [2.45, 2.75) is 11.3 Å². The Morgan fingerprint density at radius 2 is 1.92 bits per heavy atom. The Bertz CT molecular complexity index is 885. The zero-order valence-electron chi connectivity index (χ0n) is 12.4. The average Bonchev–Trinajstić information content (AvgIpc) is 2.55. The van der Waals surface area contributed by atoms with E-state index in [4.69, 9.17) is 4.65 Å². The average molecular weight is 348 g/mol. The van der Waals surface area contributed by atoms with Crippen LogP contribution in [0.2, 0.25) is 0 Å². The lowest BCUT2D eigenvalue weighted by atomic mass is 9.73. The third-order valence-electron chi connectivity index (χ3n) is 3.67. The van der Waals surface area contributed by atoms with Gasteiger partial charge in [0.15, 0.2) is 0 Å². The third kappa shape index (κ3) is 3.25. The molecule has 1 aliphatic rings. The first-order valence-corrected chi connectivity index (χ1v) is 8.55. The number of benzene rings is 2. The van der Waals surface area contributed by atoms with Gasteiger partial charge in [0.05, 0.1) is 9.82 Å². The number of nitrogens with one attached hydrogen (secondary N) is 1. The van der Waals surface area contributed by atoms with Crippen molar-refractivity contribution in [3.05, 3.63) is 58.1 Å². The summed E-state index contributed by atoms with van der Waals surface area (Å²) >= 11 is 0. The second kappa shape index (κ2) is 6.23. The Morgan fingerprint density at radius 3 is 2.58 bits per heavy atom. The van der Waals surface area contributed by atoms with E-state index in [0.29, 0.717) is 18.5 Å². The van der Waals surface area contributed by atoms with E-state index in [1.54, 1.807) is 12.1 Å². The van der Waals surface area contributed by atoms with Crippen LogP contribution in [0.5, 0.6) is 0 Å². The fourth-order valence-electron chi connectivity index (χ4n) is 2.45. The van der Waals surface area contributed by atoms with E-state index in [-0.39, 0.29) is 16.3 Å². The van der Waals surface area contributed by atoms with Crippen LogP contribution in [-0.4, -0.2) is 32.1 Å². The molecule has 0 amide bonds. The maximum atomic E-state index is 12.4. The lowest BCUT2D eigenvalue weighted by molar-refractivity contribution is -0.384.